The molecule has 26 heavy (non-hydrogen) atoms. The predicted molar refractivity (Wildman–Crippen MR) is 101 cm³/mol. The first kappa shape index (κ1) is 20.0. The van der Waals surface area contributed by atoms with E-state index in [1.54, 1.807) is 11.9 Å². The van der Waals surface area contributed by atoms with Crippen LogP contribution in [0.25, 0.3) is 0 Å². The lowest BCUT2D eigenvalue weighted by molar-refractivity contribution is 0.0914. The van der Waals surface area contributed by atoms with Crippen LogP contribution in [0.15, 0.2) is 17.4 Å². The van der Waals surface area contributed by atoms with Crippen molar-refractivity contribution < 1.29 is 9.53 Å². The Morgan fingerprint density at radius 2 is 2.00 bits per heavy atom. The van der Waals surface area contributed by atoms with Crippen LogP contribution in [0.2, 0.25) is 0 Å². The minimum absolute atomic E-state index is 0.196. The van der Waals surface area contributed by atoms with Crippen LogP contribution in [0.4, 0.5) is 4.79 Å². The number of amides is 1. The third kappa shape index (κ3) is 5.10. The molecular formula is C17H31N7O2. The molecule has 1 N–H and O–H groups in total. The zero-order chi connectivity index (χ0) is 19.1. The second-order valence-corrected chi connectivity index (χ2v) is 6.53. The highest BCUT2D eigenvalue weighted by Gasteiger charge is 2.24. The van der Waals surface area contributed by atoms with Crippen LogP contribution in [-0.2, 0) is 11.8 Å². The summed E-state index contributed by atoms with van der Waals surface area (Å²) in [5.74, 6) is 0.851. The van der Waals surface area contributed by atoms with Crippen molar-refractivity contribution in [2.45, 2.75) is 13.0 Å². The third-order valence-electron chi connectivity index (χ3n) is 4.50. The van der Waals surface area contributed by atoms with Crippen LogP contribution in [0, 0.1) is 0 Å². The summed E-state index contributed by atoms with van der Waals surface area (Å²) >= 11 is 0. The minimum Gasteiger partial charge on any atom is -0.450 e. The molecule has 1 fully saturated rings. The summed E-state index contributed by atoms with van der Waals surface area (Å²) in [7, 11) is 7.82. The molecule has 2 rings (SSSR count). The Bertz CT molecular complexity index is 606. The van der Waals surface area contributed by atoms with Crippen LogP contribution in [0.5, 0.6) is 0 Å². The monoisotopic (exact) mass is 365 g/mol. The van der Waals surface area contributed by atoms with E-state index in [1.807, 2.05) is 31.0 Å². The van der Waals surface area contributed by atoms with Crippen molar-refractivity contribution in [2.75, 3.05) is 60.5 Å². The molecule has 0 bridgehead atoms. The zero-order valence-electron chi connectivity index (χ0n) is 16.5. The number of rotatable bonds is 5. The van der Waals surface area contributed by atoms with Gasteiger partial charge in [0, 0.05) is 58.6 Å². The summed E-state index contributed by atoms with van der Waals surface area (Å²) in [6.07, 6.45) is 3.69. The molecule has 2 heterocycles. The first-order valence-electron chi connectivity index (χ1n) is 8.98. The molecule has 1 unspecified atom stereocenters. The molecule has 1 saturated heterocycles. The SMILES string of the molecule is CCOC(=O)N1CCN(C(=NC)NCC(c2cnn(C)c2)N(C)C)CC1. The van der Waals surface area contributed by atoms with E-state index in [4.69, 9.17) is 4.74 Å². The molecule has 0 aromatic carbocycles. The number of hydrogen-bond acceptors (Lipinski definition) is 5. The molecule has 1 aromatic rings. The fourth-order valence-electron chi connectivity index (χ4n) is 3.05. The minimum atomic E-state index is -0.237. The van der Waals surface area contributed by atoms with E-state index in [2.05, 4.69) is 39.3 Å². The highest BCUT2D eigenvalue weighted by molar-refractivity contribution is 5.80. The van der Waals surface area contributed by atoms with Crippen molar-refractivity contribution in [2.24, 2.45) is 12.0 Å². The predicted octanol–water partition coefficient (Wildman–Crippen LogP) is 0.372. The number of ether oxygens (including phenoxy) is 1. The summed E-state index contributed by atoms with van der Waals surface area (Å²) in [5, 5.41) is 7.73. The van der Waals surface area contributed by atoms with Gasteiger partial charge in [0.1, 0.15) is 0 Å². The molecule has 9 heteroatoms. The second-order valence-electron chi connectivity index (χ2n) is 6.53. The van der Waals surface area contributed by atoms with Gasteiger partial charge < -0.3 is 24.8 Å². The molecule has 1 amide bonds. The van der Waals surface area contributed by atoms with E-state index in [-0.39, 0.29) is 12.1 Å². The van der Waals surface area contributed by atoms with Gasteiger partial charge in [0.05, 0.1) is 18.8 Å². The molecule has 0 saturated carbocycles. The molecule has 0 spiro atoms. The lowest BCUT2D eigenvalue weighted by Crippen LogP contribution is -2.54. The topological polar surface area (TPSA) is 78.2 Å². The molecule has 1 atom stereocenters. The van der Waals surface area contributed by atoms with Crippen LogP contribution in [0.3, 0.4) is 0 Å². The van der Waals surface area contributed by atoms with Gasteiger partial charge in [0.25, 0.3) is 0 Å². The standard InChI is InChI=1S/C17H31N7O2/c1-6-26-17(25)24-9-7-23(8-10-24)16(18-2)19-12-15(21(3)4)14-11-20-22(5)13-14/h11,13,15H,6-10,12H2,1-5H3,(H,18,19). The van der Waals surface area contributed by atoms with Gasteiger partial charge in [0.15, 0.2) is 5.96 Å². The van der Waals surface area contributed by atoms with Gasteiger partial charge in [-0.1, -0.05) is 0 Å². The molecule has 9 nitrogen and oxygen atoms in total. The van der Waals surface area contributed by atoms with Crippen molar-refractivity contribution in [1.29, 1.82) is 0 Å². The number of carbonyl (C=O) groups is 1. The normalized spacial score (nSPS) is 16.8. The highest BCUT2D eigenvalue weighted by atomic mass is 16.6. The lowest BCUT2D eigenvalue weighted by Gasteiger charge is -2.36. The van der Waals surface area contributed by atoms with E-state index in [9.17, 15) is 4.79 Å². The molecule has 1 aliphatic rings. The number of likely N-dealkylation sites (N-methyl/N-ethyl adjacent to an activating group) is 1. The maximum absolute atomic E-state index is 11.8. The second kappa shape index (κ2) is 9.42. The summed E-state index contributed by atoms with van der Waals surface area (Å²) in [5.41, 5.74) is 1.16. The number of aliphatic imine (C=N–C) groups is 1. The van der Waals surface area contributed by atoms with Crippen molar-refractivity contribution in [3.8, 4) is 0 Å². The Morgan fingerprint density at radius 1 is 1.35 bits per heavy atom. The van der Waals surface area contributed by atoms with Gasteiger partial charge in [-0.25, -0.2) is 4.79 Å². The number of nitrogens with zero attached hydrogens (tertiary/aromatic N) is 6. The lowest BCUT2D eigenvalue weighted by atomic mass is 10.1. The Balaban J connectivity index is 1.90. The summed E-state index contributed by atoms with van der Waals surface area (Å²) in [4.78, 5) is 22.3. The smallest absolute Gasteiger partial charge is 0.409 e. The van der Waals surface area contributed by atoms with Gasteiger partial charge in [0.2, 0.25) is 0 Å². The quantitative estimate of drug-likeness (QED) is 0.600. The summed E-state index contributed by atoms with van der Waals surface area (Å²) in [6, 6.07) is 0.196. The van der Waals surface area contributed by atoms with Crippen LogP contribution < -0.4 is 5.32 Å². The van der Waals surface area contributed by atoms with Gasteiger partial charge in [-0.05, 0) is 21.0 Å². The molecule has 146 valence electrons. The van der Waals surface area contributed by atoms with Crippen LogP contribution >= 0.6 is 0 Å². The first-order chi connectivity index (χ1) is 12.5. The first-order valence-corrected chi connectivity index (χ1v) is 8.98. The summed E-state index contributed by atoms with van der Waals surface area (Å²) < 4.78 is 6.88. The van der Waals surface area contributed by atoms with Crippen LogP contribution in [0.1, 0.15) is 18.5 Å². The van der Waals surface area contributed by atoms with Crippen LogP contribution in [-0.4, -0.2) is 97.0 Å². The Morgan fingerprint density at radius 3 is 2.50 bits per heavy atom. The molecule has 1 aliphatic heterocycles. The third-order valence-corrected chi connectivity index (χ3v) is 4.50. The van der Waals surface area contributed by atoms with Gasteiger partial charge in [-0.2, -0.15) is 5.10 Å². The fraction of sp³-hybridized carbons (Fsp3) is 0.706. The number of nitrogens with one attached hydrogen (secondary N) is 1. The molecule has 0 radical (unpaired) electrons. The average molecular weight is 365 g/mol. The number of aromatic nitrogens is 2. The number of piperazine rings is 1. The maximum atomic E-state index is 11.8. The van der Waals surface area contributed by atoms with E-state index >= 15 is 0 Å². The van der Waals surface area contributed by atoms with Gasteiger partial charge in [-0.3, -0.25) is 9.67 Å². The van der Waals surface area contributed by atoms with Crippen molar-refractivity contribution in [3.63, 3.8) is 0 Å². The van der Waals surface area contributed by atoms with Crippen molar-refractivity contribution in [3.05, 3.63) is 18.0 Å². The van der Waals surface area contributed by atoms with Gasteiger partial charge >= 0.3 is 6.09 Å². The Hall–Kier alpha value is -2.29. The van der Waals surface area contributed by atoms with E-state index in [0.29, 0.717) is 19.7 Å². The largest absolute Gasteiger partial charge is 0.450 e. The number of guanidine groups is 1. The number of hydrogen-bond donors (Lipinski definition) is 1. The van der Waals surface area contributed by atoms with E-state index in [1.165, 1.54) is 0 Å². The van der Waals surface area contributed by atoms with E-state index in [0.717, 1.165) is 31.2 Å². The molecular weight excluding hydrogens is 334 g/mol. The molecule has 1 aromatic heterocycles. The number of aryl methyl sites for hydroxylation is 1. The zero-order valence-corrected chi connectivity index (χ0v) is 16.5. The Labute approximate surface area is 155 Å². The van der Waals surface area contributed by atoms with Gasteiger partial charge in [-0.15, -0.1) is 0 Å². The van der Waals surface area contributed by atoms with E-state index < -0.39 is 0 Å². The molecule has 0 aliphatic carbocycles. The number of carbonyl (C=O) groups excluding carboxylic acids is 1. The van der Waals surface area contributed by atoms with Crippen molar-refractivity contribution >= 4 is 12.1 Å². The average Bonchev–Trinajstić information content (AvgIpc) is 3.05. The Kier molecular flexibility index (Phi) is 7.26. The highest BCUT2D eigenvalue weighted by Crippen LogP contribution is 2.16. The summed E-state index contributed by atoms with van der Waals surface area (Å²) in [6.45, 7) is 5.70. The van der Waals surface area contributed by atoms with Crippen molar-refractivity contribution in [1.82, 2.24) is 29.8 Å². The maximum Gasteiger partial charge on any atom is 0.409 e. The fourth-order valence-corrected chi connectivity index (χ4v) is 3.05.